The Morgan fingerprint density at radius 2 is 2.00 bits per heavy atom. The molecule has 122 valence electrons. The molecule has 1 fully saturated rings. The van der Waals surface area contributed by atoms with Crippen LogP contribution in [0.5, 0.6) is 0 Å². The third-order valence-electron chi connectivity index (χ3n) is 4.62. The number of hydrogen-bond acceptors (Lipinski definition) is 3. The molecule has 0 saturated heterocycles. The predicted octanol–water partition coefficient (Wildman–Crippen LogP) is 3.20. The normalized spacial score (nSPS) is 15.4. The number of fused-ring (bicyclic) bond motifs is 1. The predicted molar refractivity (Wildman–Crippen MR) is 90.8 cm³/mol. The molecule has 5 nitrogen and oxygen atoms in total. The molecular weight excluding hydrogens is 302 g/mol. The van der Waals surface area contributed by atoms with Crippen LogP contribution in [0.25, 0.3) is 10.9 Å². The Morgan fingerprint density at radius 1 is 1.21 bits per heavy atom. The van der Waals surface area contributed by atoms with E-state index in [1.54, 1.807) is 10.2 Å². The molecule has 0 aliphatic heterocycles. The first kappa shape index (κ1) is 14.9. The van der Waals surface area contributed by atoms with Crippen molar-refractivity contribution in [2.75, 3.05) is 0 Å². The zero-order chi connectivity index (χ0) is 16.5. The van der Waals surface area contributed by atoms with Crippen LogP contribution in [-0.4, -0.2) is 20.9 Å². The van der Waals surface area contributed by atoms with E-state index in [1.807, 2.05) is 48.7 Å². The van der Waals surface area contributed by atoms with Gasteiger partial charge in [0, 0.05) is 18.0 Å². The summed E-state index contributed by atoms with van der Waals surface area (Å²) in [6.45, 7) is 0. The number of nitrogens with zero attached hydrogens (tertiary/aromatic N) is 2. The fourth-order valence-corrected chi connectivity index (χ4v) is 3.21. The first-order valence-corrected chi connectivity index (χ1v) is 8.22. The maximum absolute atomic E-state index is 12.2. The van der Waals surface area contributed by atoms with Crippen LogP contribution in [0, 0.1) is 0 Å². The van der Waals surface area contributed by atoms with E-state index >= 15 is 0 Å². The van der Waals surface area contributed by atoms with Crippen LogP contribution in [0.15, 0.2) is 54.7 Å². The average molecular weight is 321 g/mol. The Morgan fingerprint density at radius 3 is 2.71 bits per heavy atom. The molecule has 3 aromatic rings. The number of carbonyl (C=O) groups is 1. The van der Waals surface area contributed by atoms with E-state index in [4.69, 9.17) is 5.21 Å². The maximum Gasteiger partial charge on any atom is 0.268 e. The van der Waals surface area contributed by atoms with Crippen molar-refractivity contribution in [3.8, 4) is 0 Å². The van der Waals surface area contributed by atoms with Gasteiger partial charge >= 0.3 is 0 Å². The third-order valence-corrected chi connectivity index (χ3v) is 4.62. The van der Waals surface area contributed by atoms with Crippen LogP contribution < -0.4 is 5.48 Å². The van der Waals surface area contributed by atoms with Gasteiger partial charge in [0.25, 0.3) is 5.91 Å². The zero-order valence-electron chi connectivity index (χ0n) is 13.2. The Hall–Kier alpha value is -2.66. The molecule has 1 atom stereocenters. The molecule has 1 aromatic heterocycles. The number of benzene rings is 2. The van der Waals surface area contributed by atoms with Crippen LogP contribution in [0.4, 0.5) is 0 Å². The van der Waals surface area contributed by atoms with Gasteiger partial charge in [0.05, 0.1) is 5.52 Å². The highest BCUT2D eigenvalue weighted by Gasteiger charge is 2.27. The summed E-state index contributed by atoms with van der Waals surface area (Å²) in [6, 6.07) is 15.3. The fourth-order valence-electron chi connectivity index (χ4n) is 3.21. The third kappa shape index (κ3) is 2.78. The van der Waals surface area contributed by atoms with Gasteiger partial charge in [-0.3, -0.25) is 14.7 Å². The van der Waals surface area contributed by atoms with E-state index < -0.39 is 11.9 Å². The van der Waals surface area contributed by atoms with E-state index in [0.717, 1.165) is 16.5 Å². The van der Waals surface area contributed by atoms with Crippen molar-refractivity contribution in [1.29, 1.82) is 0 Å². The highest BCUT2D eigenvalue weighted by Crippen LogP contribution is 2.43. The van der Waals surface area contributed by atoms with Gasteiger partial charge in [-0.2, -0.15) is 5.10 Å². The van der Waals surface area contributed by atoms with E-state index in [0.29, 0.717) is 12.3 Å². The Labute approximate surface area is 139 Å². The molecule has 2 aromatic carbocycles. The summed E-state index contributed by atoms with van der Waals surface area (Å²) in [4.78, 5) is 12.2. The van der Waals surface area contributed by atoms with E-state index in [-0.39, 0.29) is 0 Å². The maximum atomic E-state index is 12.2. The molecule has 4 rings (SSSR count). The molecule has 5 heteroatoms. The highest BCUT2D eigenvalue weighted by atomic mass is 16.5. The second-order valence-electron chi connectivity index (χ2n) is 6.34. The summed E-state index contributed by atoms with van der Waals surface area (Å²) in [7, 11) is 0. The Balaban J connectivity index is 1.73. The number of nitrogens with one attached hydrogen (secondary N) is 1. The van der Waals surface area contributed by atoms with E-state index in [9.17, 15) is 4.79 Å². The zero-order valence-corrected chi connectivity index (χ0v) is 13.2. The first-order chi connectivity index (χ1) is 11.8. The largest absolute Gasteiger partial charge is 0.289 e. The quantitative estimate of drug-likeness (QED) is 0.560. The van der Waals surface area contributed by atoms with Crippen molar-refractivity contribution < 1.29 is 10.0 Å². The standard InChI is InChI=1S/C19H19N3O2/c23-19(21-24)18(11-13-5-2-1-3-6-13)22-12-16-15(14-9-10-14)7-4-8-17(16)20-22/h1-8,12,14,18,24H,9-11H2,(H,21,23). The van der Waals surface area contributed by atoms with Crippen molar-refractivity contribution in [3.63, 3.8) is 0 Å². The van der Waals surface area contributed by atoms with Gasteiger partial charge in [-0.15, -0.1) is 0 Å². The second-order valence-corrected chi connectivity index (χ2v) is 6.34. The molecule has 1 heterocycles. The van der Waals surface area contributed by atoms with Gasteiger partial charge in [0.15, 0.2) is 0 Å². The smallest absolute Gasteiger partial charge is 0.268 e. The number of rotatable bonds is 5. The summed E-state index contributed by atoms with van der Waals surface area (Å²) in [5.74, 6) is 0.158. The number of carbonyl (C=O) groups excluding carboxylic acids is 1. The second kappa shape index (κ2) is 6.09. The molecule has 2 N–H and O–H groups in total. The number of hydroxylamine groups is 1. The lowest BCUT2D eigenvalue weighted by molar-refractivity contribution is -0.132. The average Bonchev–Trinajstić information content (AvgIpc) is 3.37. The summed E-state index contributed by atoms with van der Waals surface area (Å²) in [5, 5.41) is 14.8. The SMILES string of the molecule is O=C(NO)C(Cc1ccccc1)n1cc2c(C3CC3)cccc2n1. The van der Waals surface area contributed by atoms with Crippen molar-refractivity contribution in [2.45, 2.75) is 31.2 Å². The minimum Gasteiger partial charge on any atom is -0.289 e. The number of hydrogen-bond donors (Lipinski definition) is 2. The van der Waals surface area contributed by atoms with Crippen molar-refractivity contribution in [2.24, 2.45) is 0 Å². The van der Waals surface area contributed by atoms with E-state index in [1.165, 1.54) is 18.4 Å². The summed E-state index contributed by atoms with van der Waals surface area (Å²) < 4.78 is 1.68. The summed E-state index contributed by atoms with van der Waals surface area (Å²) in [5.41, 5.74) is 5.00. The van der Waals surface area contributed by atoms with Crippen LogP contribution in [0.1, 0.15) is 35.9 Å². The van der Waals surface area contributed by atoms with Crippen molar-refractivity contribution in [1.82, 2.24) is 15.3 Å². The lowest BCUT2D eigenvalue weighted by Crippen LogP contribution is -2.32. The van der Waals surface area contributed by atoms with Gasteiger partial charge in [-0.25, -0.2) is 5.48 Å². The van der Waals surface area contributed by atoms with Crippen molar-refractivity contribution in [3.05, 3.63) is 65.9 Å². The molecule has 24 heavy (non-hydrogen) atoms. The van der Waals surface area contributed by atoms with Crippen LogP contribution in [0.2, 0.25) is 0 Å². The van der Waals surface area contributed by atoms with Gasteiger partial charge in [-0.1, -0.05) is 42.5 Å². The molecule has 0 bridgehead atoms. The molecule has 1 saturated carbocycles. The summed E-state index contributed by atoms with van der Waals surface area (Å²) in [6.07, 6.45) is 4.84. The molecule has 0 spiro atoms. The monoisotopic (exact) mass is 321 g/mol. The molecule has 1 aliphatic rings. The van der Waals surface area contributed by atoms with Gasteiger partial charge in [0.2, 0.25) is 0 Å². The van der Waals surface area contributed by atoms with Crippen molar-refractivity contribution >= 4 is 16.8 Å². The van der Waals surface area contributed by atoms with Crippen LogP contribution in [-0.2, 0) is 11.2 Å². The van der Waals surface area contributed by atoms with Gasteiger partial charge < -0.3 is 0 Å². The summed E-state index contributed by atoms with van der Waals surface area (Å²) >= 11 is 0. The number of amides is 1. The number of aromatic nitrogens is 2. The fraction of sp³-hybridized carbons (Fsp3) is 0.263. The molecule has 1 aliphatic carbocycles. The first-order valence-electron chi connectivity index (χ1n) is 8.22. The highest BCUT2D eigenvalue weighted by molar-refractivity contribution is 5.84. The van der Waals surface area contributed by atoms with Gasteiger partial charge in [0.1, 0.15) is 6.04 Å². The minimum absolute atomic E-state index is 0.459. The Kier molecular flexibility index (Phi) is 3.78. The molecule has 1 amide bonds. The minimum atomic E-state index is -0.586. The molecule has 0 radical (unpaired) electrons. The van der Waals surface area contributed by atoms with Gasteiger partial charge in [-0.05, 0) is 36.0 Å². The lowest BCUT2D eigenvalue weighted by atomic mass is 10.1. The Bertz CT molecular complexity index is 869. The topological polar surface area (TPSA) is 67.2 Å². The van der Waals surface area contributed by atoms with Crippen LogP contribution >= 0.6 is 0 Å². The van der Waals surface area contributed by atoms with E-state index in [2.05, 4.69) is 11.2 Å². The molecular formula is C19H19N3O2. The lowest BCUT2D eigenvalue weighted by Gasteiger charge is -2.15. The van der Waals surface area contributed by atoms with Crippen LogP contribution in [0.3, 0.4) is 0 Å². The molecule has 1 unspecified atom stereocenters.